The average molecular weight is 589 g/mol. The van der Waals surface area contributed by atoms with Gasteiger partial charge in [-0.25, -0.2) is 0 Å². The van der Waals surface area contributed by atoms with E-state index in [1.165, 1.54) is 0 Å². The van der Waals surface area contributed by atoms with Crippen LogP contribution >= 0.6 is 0 Å². The van der Waals surface area contributed by atoms with Crippen LogP contribution in [0.4, 0.5) is 0 Å². The predicted octanol–water partition coefficient (Wildman–Crippen LogP) is 11.6. The van der Waals surface area contributed by atoms with Crippen LogP contribution in [0.5, 0.6) is 0 Å². The number of pyridine rings is 2. The largest absolute Gasteiger partial charge is 0.453 e. The van der Waals surface area contributed by atoms with Crippen LogP contribution in [0, 0.1) is 0 Å². The van der Waals surface area contributed by atoms with E-state index in [1.54, 1.807) is 0 Å². The summed E-state index contributed by atoms with van der Waals surface area (Å²) in [7, 11) is 0. The van der Waals surface area contributed by atoms with Gasteiger partial charge in [0.1, 0.15) is 22.2 Å². The topological polar surface area (TPSA) is 52.1 Å². The number of rotatable bonds is 3. The lowest BCUT2D eigenvalue weighted by atomic mass is 9.98. The van der Waals surface area contributed by atoms with E-state index in [0.29, 0.717) is 0 Å². The molecule has 0 saturated heterocycles. The molecule has 0 aliphatic carbocycles. The predicted molar refractivity (Wildman–Crippen MR) is 188 cm³/mol. The zero-order chi connectivity index (χ0) is 30.2. The first kappa shape index (κ1) is 25.1. The molecule has 0 unspecified atom stereocenters. The Morgan fingerprint density at radius 1 is 0.326 bits per heavy atom. The van der Waals surface area contributed by atoms with E-state index in [9.17, 15) is 0 Å². The Morgan fingerprint density at radius 3 is 1.20 bits per heavy atom. The van der Waals surface area contributed by atoms with Crippen molar-refractivity contribution >= 4 is 65.7 Å². The fourth-order valence-electron chi connectivity index (χ4n) is 6.91. The van der Waals surface area contributed by atoms with Gasteiger partial charge in [0, 0.05) is 45.1 Å². The molecule has 0 radical (unpaired) electrons. The lowest BCUT2D eigenvalue weighted by molar-refractivity contribution is 0.672. The number of hydrogen-bond donors (Lipinski definition) is 0. The summed E-state index contributed by atoms with van der Waals surface area (Å²) in [5.74, 6) is 0. The van der Waals surface area contributed by atoms with E-state index in [-0.39, 0.29) is 0 Å². The van der Waals surface area contributed by atoms with Crippen molar-refractivity contribution in [3.05, 3.63) is 146 Å². The first-order valence-electron chi connectivity index (χ1n) is 15.4. The van der Waals surface area contributed by atoms with Gasteiger partial charge in [0.15, 0.2) is 11.2 Å². The molecule has 0 bridgehead atoms. The molecule has 6 aromatic carbocycles. The molecular weight excluding hydrogens is 564 g/mol. The number of fused-ring (bicyclic) bond motifs is 10. The molecule has 10 aromatic rings. The molecule has 0 aliphatic heterocycles. The van der Waals surface area contributed by atoms with Gasteiger partial charge in [0.25, 0.3) is 0 Å². The molecule has 10 rings (SSSR count). The molecule has 4 nitrogen and oxygen atoms in total. The van der Waals surface area contributed by atoms with Crippen LogP contribution in [0.1, 0.15) is 0 Å². The van der Waals surface area contributed by atoms with Crippen molar-refractivity contribution < 1.29 is 8.83 Å². The highest BCUT2D eigenvalue weighted by Gasteiger charge is 2.17. The standard InChI is InChI=1S/C42H24N2O2/c1-3-7-31-27(5-1)17-19-35-37-41(45-39(31)35)33(21-23-43-37)29-13-9-25(10-14-29)26-11-15-30(16-12-26)34-22-24-44-38-36-20-18-28-6-2-4-8-32(28)40(36)46-42(34)38/h1-24H. The molecule has 46 heavy (non-hydrogen) atoms. The lowest BCUT2D eigenvalue weighted by Crippen LogP contribution is -1.84. The Kier molecular flexibility index (Phi) is 5.25. The van der Waals surface area contributed by atoms with E-state index >= 15 is 0 Å². The number of nitrogens with zero attached hydrogens (tertiary/aromatic N) is 2. The molecule has 0 fully saturated rings. The Hall–Kier alpha value is -6.26. The monoisotopic (exact) mass is 588 g/mol. The minimum Gasteiger partial charge on any atom is -0.453 e. The van der Waals surface area contributed by atoms with E-state index in [0.717, 1.165) is 99.1 Å². The number of hydrogen-bond acceptors (Lipinski definition) is 4. The Bertz CT molecular complexity index is 2590. The minimum atomic E-state index is 0.813. The summed E-state index contributed by atoms with van der Waals surface area (Å²) in [6.45, 7) is 0. The SMILES string of the molecule is c1ccc2c(c1)ccc1c3nccc(-c4ccc(-c5ccc(-c6ccnc7c6oc6c8ccccc8ccc76)cc5)cc4)c3oc21. The number of furan rings is 2. The molecule has 0 N–H and O–H groups in total. The molecule has 0 amide bonds. The molecule has 4 heterocycles. The Balaban J connectivity index is 1.01. The summed E-state index contributed by atoms with van der Waals surface area (Å²) in [6, 6.07) is 46.5. The third-order valence-corrected chi connectivity index (χ3v) is 9.21. The van der Waals surface area contributed by atoms with Gasteiger partial charge in [-0.3, -0.25) is 9.97 Å². The summed E-state index contributed by atoms with van der Waals surface area (Å²) in [5.41, 5.74) is 11.7. The van der Waals surface area contributed by atoms with Crippen molar-refractivity contribution in [2.45, 2.75) is 0 Å². The highest BCUT2D eigenvalue weighted by atomic mass is 16.3. The first-order chi connectivity index (χ1) is 22.8. The molecule has 0 spiro atoms. The molecule has 4 aromatic heterocycles. The van der Waals surface area contributed by atoms with Crippen LogP contribution in [-0.2, 0) is 0 Å². The van der Waals surface area contributed by atoms with Crippen LogP contribution in [0.2, 0.25) is 0 Å². The van der Waals surface area contributed by atoms with Crippen LogP contribution in [0.25, 0.3) is 99.1 Å². The van der Waals surface area contributed by atoms with E-state index in [1.807, 2.05) is 36.7 Å². The molecule has 0 aliphatic rings. The van der Waals surface area contributed by atoms with Gasteiger partial charge < -0.3 is 8.83 Å². The molecule has 214 valence electrons. The van der Waals surface area contributed by atoms with Gasteiger partial charge >= 0.3 is 0 Å². The van der Waals surface area contributed by atoms with Gasteiger partial charge in [-0.15, -0.1) is 0 Å². The molecule has 4 heteroatoms. The number of benzene rings is 6. The van der Waals surface area contributed by atoms with Crippen LogP contribution < -0.4 is 0 Å². The maximum Gasteiger partial charge on any atom is 0.161 e. The maximum absolute atomic E-state index is 6.52. The highest BCUT2D eigenvalue weighted by Crippen LogP contribution is 2.40. The summed E-state index contributed by atoms with van der Waals surface area (Å²) < 4.78 is 13.0. The van der Waals surface area contributed by atoms with Gasteiger partial charge in [-0.1, -0.05) is 109 Å². The molecule has 0 atom stereocenters. The van der Waals surface area contributed by atoms with Crippen molar-refractivity contribution in [1.82, 2.24) is 9.97 Å². The second-order valence-corrected chi connectivity index (χ2v) is 11.8. The van der Waals surface area contributed by atoms with Crippen molar-refractivity contribution in [3.8, 4) is 33.4 Å². The Labute approximate surface area is 263 Å². The zero-order valence-electron chi connectivity index (χ0n) is 24.6. The van der Waals surface area contributed by atoms with Gasteiger partial charge in [-0.05, 0) is 57.3 Å². The summed E-state index contributed by atoms with van der Waals surface area (Å²) in [5, 5.41) is 6.59. The first-order valence-corrected chi connectivity index (χ1v) is 15.4. The fraction of sp³-hybridized carbons (Fsp3) is 0. The minimum absolute atomic E-state index is 0.813. The van der Waals surface area contributed by atoms with E-state index in [4.69, 9.17) is 18.8 Å². The second kappa shape index (κ2) is 9.62. The third kappa shape index (κ3) is 3.67. The van der Waals surface area contributed by atoms with Crippen molar-refractivity contribution in [2.24, 2.45) is 0 Å². The van der Waals surface area contributed by atoms with Crippen LogP contribution in [0.15, 0.2) is 155 Å². The smallest absolute Gasteiger partial charge is 0.161 e. The molecule has 0 saturated carbocycles. The van der Waals surface area contributed by atoms with Crippen LogP contribution in [0.3, 0.4) is 0 Å². The number of aromatic nitrogens is 2. The van der Waals surface area contributed by atoms with Gasteiger partial charge in [0.2, 0.25) is 0 Å². The lowest BCUT2D eigenvalue weighted by Gasteiger charge is -2.07. The second-order valence-electron chi connectivity index (χ2n) is 11.8. The zero-order valence-corrected chi connectivity index (χ0v) is 24.6. The molecular formula is C42H24N2O2. The highest BCUT2D eigenvalue weighted by molar-refractivity contribution is 6.17. The van der Waals surface area contributed by atoms with Crippen molar-refractivity contribution in [3.63, 3.8) is 0 Å². The quantitative estimate of drug-likeness (QED) is 0.206. The Morgan fingerprint density at radius 2 is 0.739 bits per heavy atom. The van der Waals surface area contributed by atoms with Crippen molar-refractivity contribution in [1.29, 1.82) is 0 Å². The van der Waals surface area contributed by atoms with Crippen molar-refractivity contribution in [2.75, 3.05) is 0 Å². The summed E-state index contributed by atoms with van der Waals surface area (Å²) in [6.07, 6.45) is 3.74. The average Bonchev–Trinajstić information content (AvgIpc) is 3.71. The van der Waals surface area contributed by atoms with E-state index < -0.39 is 0 Å². The fourth-order valence-corrected chi connectivity index (χ4v) is 6.91. The normalized spacial score (nSPS) is 11.9. The third-order valence-electron chi connectivity index (χ3n) is 9.21. The maximum atomic E-state index is 6.52. The summed E-state index contributed by atoms with van der Waals surface area (Å²) >= 11 is 0. The van der Waals surface area contributed by atoms with Crippen LogP contribution in [-0.4, -0.2) is 9.97 Å². The van der Waals surface area contributed by atoms with E-state index in [2.05, 4.69) is 109 Å². The summed E-state index contributed by atoms with van der Waals surface area (Å²) in [4.78, 5) is 9.40. The van der Waals surface area contributed by atoms with Gasteiger partial charge in [-0.2, -0.15) is 0 Å². The van der Waals surface area contributed by atoms with Gasteiger partial charge in [0.05, 0.1) is 0 Å².